The van der Waals surface area contributed by atoms with Gasteiger partial charge in [-0.05, 0) is 24.9 Å². The van der Waals surface area contributed by atoms with Crippen molar-refractivity contribution in [2.75, 3.05) is 7.05 Å². The molecule has 2 aromatic heterocycles. The fourth-order valence-electron chi connectivity index (χ4n) is 1.60. The van der Waals surface area contributed by atoms with Gasteiger partial charge in [-0.25, -0.2) is 4.98 Å². The fourth-order valence-corrected chi connectivity index (χ4v) is 4.00. The van der Waals surface area contributed by atoms with Crippen molar-refractivity contribution in [2.45, 2.75) is 19.1 Å². The zero-order valence-corrected chi connectivity index (χ0v) is 12.4. The van der Waals surface area contributed by atoms with E-state index < -0.39 is 11.2 Å². The molecule has 0 aromatic carbocycles. The van der Waals surface area contributed by atoms with Crippen LogP contribution < -0.4 is 5.32 Å². The number of hydrogen-bond acceptors (Lipinski definition) is 4. The molecule has 0 saturated heterocycles. The summed E-state index contributed by atoms with van der Waals surface area (Å²) >= 11 is 8.22. The second-order valence-electron chi connectivity index (χ2n) is 3.88. The molecule has 0 spiro atoms. The van der Waals surface area contributed by atoms with Gasteiger partial charge >= 0.3 is 6.18 Å². The van der Waals surface area contributed by atoms with Gasteiger partial charge in [0.25, 0.3) is 0 Å². The lowest BCUT2D eigenvalue weighted by Gasteiger charge is -2.13. The van der Waals surface area contributed by atoms with Crippen molar-refractivity contribution < 1.29 is 13.2 Å². The molecule has 1 unspecified atom stereocenters. The van der Waals surface area contributed by atoms with Gasteiger partial charge in [-0.15, -0.1) is 22.7 Å². The summed E-state index contributed by atoms with van der Waals surface area (Å²) in [5, 5.41) is 4.61. The van der Waals surface area contributed by atoms with Crippen LogP contribution in [0.1, 0.15) is 26.4 Å². The maximum absolute atomic E-state index is 12.6. The predicted octanol–water partition coefficient (Wildman–Crippen LogP) is 4.49. The average molecular weight is 327 g/mol. The van der Waals surface area contributed by atoms with Crippen LogP contribution in [0, 0.1) is 6.92 Å². The number of rotatable bonds is 3. The molecule has 0 bridgehead atoms. The van der Waals surface area contributed by atoms with Crippen molar-refractivity contribution in [3.8, 4) is 0 Å². The Kier molecular flexibility index (Phi) is 4.20. The van der Waals surface area contributed by atoms with E-state index in [1.807, 2.05) is 12.3 Å². The maximum atomic E-state index is 12.6. The van der Waals surface area contributed by atoms with Crippen molar-refractivity contribution in [3.05, 3.63) is 36.9 Å². The van der Waals surface area contributed by atoms with Crippen molar-refractivity contribution in [1.82, 2.24) is 10.3 Å². The first-order valence-electron chi connectivity index (χ1n) is 5.28. The Morgan fingerprint density at radius 2 is 2.11 bits per heavy atom. The lowest BCUT2D eigenvalue weighted by molar-refractivity contribution is -0.137. The molecular weight excluding hydrogens is 317 g/mol. The van der Waals surface area contributed by atoms with Gasteiger partial charge in [0, 0.05) is 16.0 Å². The highest BCUT2D eigenvalue weighted by atomic mass is 35.5. The number of thiophene rings is 1. The van der Waals surface area contributed by atoms with Crippen molar-refractivity contribution >= 4 is 34.3 Å². The molecule has 0 aliphatic carbocycles. The third-order valence-electron chi connectivity index (χ3n) is 2.53. The van der Waals surface area contributed by atoms with E-state index in [-0.39, 0.29) is 6.04 Å². The number of aryl methyl sites for hydroxylation is 1. The van der Waals surface area contributed by atoms with Crippen molar-refractivity contribution in [3.63, 3.8) is 0 Å². The number of alkyl halides is 3. The topological polar surface area (TPSA) is 24.9 Å². The molecule has 0 fully saturated rings. The van der Waals surface area contributed by atoms with E-state index in [0.29, 0.717) is 21.2 Å². The summed E-state index contributed by atoms with van der Waals surface area (Å²) in [5.41, 5.74) is 0.919. The molecule has 2 aromatic rings. The minimum Gasteiger partial charge on any atom is -0.308 e. The van der Waals surface area contributed by atoms with Crippen LogP contribution in [-0.4, -0.2) is 12.0 Å². The Balaban J connectivity index is 2.38. The van der Waals surface area contributed by atoms with Crippen LogP contribution in [0.15, 0.2) is 11.6 Å². The summed E-state index contributed by atoms with van der Waals surface area (Å²) in [6, 6.07) is -0.361. The van der Waals surface area contributed by atoms with E-state index in [0.717, 1.165) is 10.4 Å². The first kappa shape index (κ1) is 14.8. The van der Waals surface area contributed by atoms with Crippen molar-refractivity contribution in [2.24, 2.45) is 0 Å². The molecule has 0 radical (unpaired) electrons. The van der Waals surface area contributed by atoms with Crippen LogP contribution in [0.4, 0.5) is 13.2 Å². The second kappa shape index (κ2) is 5.40. The van der Waals surface area contributed by atoms with Gasteiger partial charge in [-0.3, -0.25) is 0 Å². The Morgan fingerprint density at radius 3 is 2.53 bits per heavy atom. The number of nitrogens with zero attached hydrogens (tertiary/aromatic N) is 1. The minimum absolute atomic E-state index is 0.361. The van der Waals surface area contributed by atoms with Crippen molar-refractivity contribution in [1.29, 1.82) is 0 Å². The van der Waals surface area contributed by atoms with Crippen LogP contribution in [0.25, 0.3) is 0 Å². The van der Waals surface area contributed by atoms with Crippen LogP contribution in [0.2, 0.25) is 5.02 Å². The smallest absolute Gasteiger partial charge is 0.308 e. The average Bonchev–Trinajstić information content (AvgIpc) is 2.92. The molecule has 2 rings (SSSR count). The van der Waals surface area contributed by atoms with E-state index in [1.54, 1.807) is 7.05 Å². The lowest BCUT2D eigenvalue weighted by Crippen LogP contribution is -2.15. The van der Waals surface area contributed by atoms with E-state index in [2.05, 4.69) is 10.3 Å². The van der Waals surface area contributed by atoms with Gasteiger partial charge in [0.05, 0.1) is 11.1 Å². The van der Waals surface area contributed by atoms with E-state index in [4.69, 9.17) is 11.6 Å². The highest BCUT2D eigenvalue weighted by molar-refractivity contribution is 7.13. The van der Waals surface area contributed by atoms with Gasteiger partial charge in [0.1, 0.15) is 0 Å². The third kappa shape index (κ3) is 2.94. The molecule has 1 atom stereocenters. The van der Waals surface area contributed by atoms with Crippen LogP contribution in [-0.2, 0) is 6.18 Å². The Hall–Kier alpha value is -0.630. The third-order valence-corrected chi connectivity index (χ3v) is 5.41. The minimum atomic E-state index is -4.41. The Bertz CT molecular complexity index is 577. The summed E-state index contributed by atoms with van der Waals surface area (Å²) in [6.45, 7) is 1.86. The first-order chi connectivity index (χ1) is 8.84. The van der Waals surface area contributed by atoms with E-state index in [9.17, 15) is 13.2 Å². The molecule has 2 nitrogen and oxygen atoms in total. The molecule has 1 N–H and O–H groups in total. The van der Waals surface area contributed by atoms with E-state index in [1.165, 1.54) is 17.5 Å². The maximum Gasteiger partial charge on any atom is 0.443 e. The second-order valence-corrected chi connectivity index (χ2v) is 6.24. The molecule has 104 valence electrons. The predicted molar refractivity (Wildman–Crippen MR) is 72.1 cm³/mol. The largest absolute Gasteiger partial charge is 0.443 e. The molecular formula is C11H10ClF3N2S2. The molecule has 8 heteroatoms. The van der Waals surface area contributed by atoms with E-state index >= 15 is 0 Å². The summed E-state index contributed by atoms with van der Waals surface area (Å²) in [6.07, 6.45) is -3.16. The highest BCUT2D eigenvalue weighted by Crippen LogP contribution is 2.40. The molecule has 0 amide bonds. The van der Waals surface area contributed by atoms with Crippen LogP contribution in [0.3, 0.4) is 0 Å². The molecule has 0 aliphatic rings. The van der Waals surface area contributed by atoms with Gasteiger partial charge in [0.2, 0.25) is 0 Å². The van der Waals surface area contributed by atoms with Gasteiger partial charge in [-0.2, -0.15) is 13.2 Å². The number of aromatic nitrogens is 1. The van der Waals surface area contributed by atoms with Gasteiger partial charge in [-0.1, -0.05) is 11.6 Å². The Morgan fingerprint density at radius 1 is 1.42 bits per heavy atom. The number of halogens is 4. The van der Waals surface area contributed by atoms with Crippen LogP contribution >= 0.6 is 34.3 Å². The molecule has 0 aliphatic heterocycles. The quantitative estimate of drug-likeness (QED) is 0.898. The zero-order valence-electron chi connectivity index (χ0n) is 10.0. The molecule has 19 heavy (non-hydrogen) atoms. The zero-order chi connectivity index (χ0) is 14.2. The summed E-state index contributed by atoms with van der Waals surface area (Å²) in [4.78, 5) is 4.74. The fraction of sp³-hybridized carbons (Fsp3) is 0.364. The number of hydrogen-bond donors (Lipinski definition) is 1. The Labute approximate surface area is 121 Å². The van der Waals surface area contributed by atoms with Crippen LogP contribution in [0.5, 0.6) is 0 Å². The highest BCUT2D eigenvalue weighted by Gasteiger charge is 2.35. The first-order valence-corrected chi connectivity index (χ1v) is 7.35. The monoisotopic (exact) mass is 326 g/mol. The summed E-state index contributed by atoms with van der Waals surface area (Å²) < 4.78 is 37.7. The SMILES string of the molecule is CNC(c1cnc(C(F)(F)F)s1)c1scc(C)c1Cl. The number of thiazole rings is 1. The standard InChI is InChI=1S/C11H10ClF3N2S2/c1-5-4-18-9(7(5)12)8(16-2)6-3-17-10(19-6)11(13,14)15/h3-4,8,16H,1-2H3. The molecule has 2 heterocycles. The summed E-state index contributed by atoms with van der Waals surface area (Å²) in [5.74, 6) is 0. The summed E-state index contributed by atoms with van der Waals surface area (Å²) in [7, 11) is 1.68. The normalized spacial score (nSPS) is 13.8. The molecule has 0 saturated carbocycles. The number of nitrogens with one attached hydrogen (secondary N) is 1. The lowest BCUT2D eigenvalue weighted by atomic mass is 10.2. The van der Waals surface area contributed by atoms with Gasteiger partial charge in [0.15, 0.2) is 5.01 Å². The van der Waals surface area contributed by atoms with Gasteiger partial charge < -0.3 is 5.32 Å².